The van der Waals surface area contributed by atoms with Gasteiger partial charge in [0.15, 0.2) is 5.82 Å². The van der Waals surface area contributed by atoms with E-state index in [2.05, 4.69) is 37.8 Å². The molecule has 1 N–H and O–H groups in total. The Kier molecular flexibility index (Phi) is 3.05. The number of halogens is 2. The van der Waals surface area contributed by atoms with Gasteiger partial charge < -0.3 is 0 Å². The number of allylic oxidation sites excluding steroid dienone is 1. The number of aromatic amines is 1. The fourth-order valence-corrected chi connectivity index (χ4v) is 1.57. The van der Waals surface area contributed by atoms with Crippen molar-refractivity contribution in [2.24, 2.45) is 4.99 Å². The Morgan fingerprint density at radius 1 is 1.83 bits per heavy atom. The molecule has 5 heteroatoms. The van der Waals surface area contributed by atoms with Crippen LogP contribution in [0, 0.1) is 0 Å². The smallest absolute Gasteiger partial charge is 0.157 e. The van der Waals surface area contributed by atoms with Crippen LogP contribution in [0.3, 0.4) is 0 Å². The lowest BCUT2D eigenvalue weighted by atomic mass is 10.3. The van der Waals surface area contributed by atoms with Crippen LogP contribution in [0.15, 0.2) is 15.7 Å². The van der Waals surface area contributed by atoms with Crippen molar-refractivity contribution in [3.8, 4) is 0 Å². The van der Waals surface area contributed by atoms with E-state index < -0.39 is 0 Å². The average molecular weight is 249 g/mol. The zero-order chi connectivity index (χ0) is 9.14. The lowest BCUT2D eigenvalue weighted by Crippen LogP contribution is -1.74. The highest BCUT2D eigenvalue weighted by Gasteiger charge is 2.11. The number of hydrogen-bond donors (Lipinski definition) is 1. The molecule has 1 heterocycles. The van der Waals surface area contributed by atoms with E-state index in [1.165, 1.54) is 0 Å². The van der Waals surface area contributed by atoms with E-state index in [1.807, 2.05) is 6.92 Å². The lowest BCUT2D eigenvalue weighted by molar-refractivity contribution is 1.07. The molecule has 0 atom stereocenters. The number of nitrogens with one attached hydrogen (secondary N) is 1. The predicted octanol–water partition coefficient (Wildman–Crippen LogP) is 3.10. The van der Waals surface area contributed by atoms with Gasteiger partial charge in [-0.15, -0.1) is 0 Å². The normalized spacial score (nSPS) is 11.8. The first-order valence-electron chi connectivity index (χ1n) is 3.23. The molecule has 12 heavy (non-hydrogen) atoms. The van der Waals surface area contributed by atoms with Crippen LogP contribution in [0.25, 0.3) is 5.03 Å². The van der Waals surface area contributed by atoms with Gasteiger partial charge in [-0.05, 0) is 29.6 Å². The molecule has 0 bridgehead atoms. The molecule has 3 nitrogen and oxygen atoms in total. The van der Waals surface area contributed by atoms with E-state index >= 15 is 0 Å². The Labute approximate surface area is 83.7 Å². The number of H-pyrrole nitrogens is 1. The minimum Gasteiger partial charge on any atom is -0.260 e. The maximum Gasteiger partial charge on any atom is 0.157 e. The molecule has 64 valence electrons. The molecule has 0 saturated heterocycles. The first kappa shape index (κ1) is 9.48. The summed E-state index contributed by atoms with van der Waals surface area (Å²) in [5.41, 5.74) is 0.745. The SMILES string of the molecule is C=Nc1[nH]nc(Br)c1/C(Cl)=C\C. The second-order valence-electron chi connectivity index (χ2n) is 2.03. The Bertz CT molecular complexity index is 329. The van der Waals surface area contributed by atoms with Crippen LogP contribution in [-0.2, 0) is 0 Å². The number of aromatic nitrogens is 2. The molecule has 0 radical (unpaired) electrons. The van der Waals surface area contributed by atoms with Crippen LogP contribution in [0.2, 0.25) is 0 Å². The molecule has 1 aromatic heterocycles. The quantitative estimate of drug-likeness (QED) is 0.803. The van der Waals surface area contributed by atoms with Crippen molar-refractivity contribution in [1.29, 1.82) is 0 Å². The monoisotopic (exact) mass is 247 g/mol. The van der Waals surface area contributed by atoms with Gasteiger partial charge >= 0.3 is 0 Å². The second kappa shape index (κ2) is 3.87. The van der Waals surface area contributed by atoms with Gasteiger partial charge in [0.2, 0.25) is 0 Å². The van der Waals surface area contributed by atoms with Crippen molar-refractivity contribution < 1.29 is 0 Å². The highest BCUT2D eigenvalue weighted by atomic mass is 79.9. The van der Waals surface area contributed by atoms with E-state index in [-0.39, 0.29) is 0 Å². The third-order valence-corrected chi connectivity index (χ3v) is 2.33. The molecule has 0 saturated carbocycles. The molecule has 1 aromatic rings. The summed E-state index contributed by atoms with van der Waals surface area (Å²) < 4.78 is 0.646. The summed E-state index contributed by atoms with van der Waals surface area (Å²) in [7, 11) is 0. The van der Waals surface area contributed by atoms with Gasteiger partial charge in [0.25, 0.3) is 0 Å². The van der Waals surface area contributed by atoms with Crippen molar-refractivity contribution >= 4 is 45.1 Å². The van der Waals surface area contributed by atoms with Crippen molar-refractivity contribution in [2.75, 3.05) is 0 Å². The van der Waals surface area contributed by atoms with Crippen molar-refractivity contribution in [1.82, 2.24) is 10.2 Å². The molecule has 0 aliphatic heterocycles. The molecule has 0 unspecified atom stereocenters. The minimum absolute atomic E-state index is 0.574. The largest absolute Gasteiger partial charge is 0.260 e. The summed E-state index contributed by atoms with van der Waals surface area (Å²) in [5, 5.41) is 7.17. The third-order valence-electron chi connectivity index (χ3n) is 1.35. The number of aliphatic imine (C=N–C) groups is 1. The predicted molar refractivity (Wildman–Crippen MR) is 55.0 cm³/mol. The van der Waals surface area contributed by atoms with Gasteiger partial charge in [0, 0.05) is 0 Å². The van der Waals surface area contributed by atoms with Crippen molar-refractivity contribution in [2.45, 2.75) is 6.92 Å². The highest BCUT2D eigenvalue weighted by molar-refractivity contribution is 9.10. The van der Waals surface area contributed by atoms with Crippen LogP contribution in [0.5, 0.6) is 0 Å². The zero-order valence-electron chi connectivity index (χ0n) is 6.43. The number of rotatable bonds is 2. The maximum atomic E-state index is 5.90. The highest BCUT2D eigenvalue weighted by Crippen LogP contribution is 2.32. The van der Waals surface area contributed by atoms with E-state index in [9.17, 15) is 0 Å². The lowest BCUT2D eigenvalue weighted by Gasteiger charge is -1.94. The van der Waals surface area contributed by atoms with Crippen LogP contribution in [0.1, 0.15) is 12.5 Å². The van der Waals surface area contributed by atoms with Crippen molar-refractivity contribution in [3.05, 3.63) is 16.2 Å². The molecule has 0 aliphatic carbocycles. The number of hydrogen-bond acceptors (Lipinski definition) is 2. The summed E-state index contributed by atoms with van der Waals surface area (Å²) in [5.74, 6) is 0.574. The standard InChI is InChI=1S/C7H7BrClN3/c1-3-4(9)5-6(8)11-12-7(5)10-2/h3H,2H2,1H3,(H,11,12)/b4-3+. The molecule has 0 aliphatic rings. The van der Waals surface area contributed by atoms with E-state index in [0.29, 0.717) is 15.5 Å². The Morgan fingerprint density at radius 2 is 2.50 bits per heavy atom. The molecule has 0 spiro atoms. The van der Waals surface area contributed by atoms with Gasteiger partial charge in [-0.2, -0.15) is 5.10 Å². The van der Waals surface area contributed by atoms with Crippen LogP contribution < -0.4 is 0 Å². The molecular weight excluding hydrogens is 241 g/mol. The van der Waals surface area contributed by atoms with E-state index in [0.717, 1.165) is 5.56 Å². The Balaban J connectivity index is 3.28. The fourth-order valence-electron chi connectivity index (χ4n) is 0.782. The van der Waals surface area contributed by atoms with E-state index in [1.54, 1.807) is 6.08 Å². The first-order valence-corrected chi connectivity index (χ1v) is 4.40. The molecular formula is C7H7BrClN3. The Hall–Kier alpha value is -0.610. The first-order chi connectivity index (χ1) is 5.70. The minimum atomic E-state index is 0.574. The summed E-state index contributed by atoms with van der Waals surface area (Å²) in [6, 6.07) is 0. The summed E-state index contributed by atoms with van der Waals surface area (Å²) >= 11 is 9.15. The molecule has 1 rings (SSSR count). The summed E-state index contributed by atoms with van der Waals surface area (Å²) in [6.45, 7) is 5.24. The van der Waals surface area contributed by atoms with Gasteiger partial charge in [0.05, 0.1) is 10.6 Å². The van der Waals surface area contributed by atoms with Gasteiger partial charge in [-0.25, -0.2) is 4.99 Å². The van der Waals surface area contributed by atoms with Gasteiger partial charge in [-0.3, -0.25) is 5.10 Å². The Morgan fingerprint density at radius 3 is 3.00 bits per heavy atom. The van der Waals surface area contributed by atoms with Crippen LogP contribution in [0.4, 0.5) is 5.82 Å². The van der Waals surface area contributed by atoms with E-state index in [4.69, 9.17) is 11.6 Å². The van der Waals surface area contributed by atoms with Crippen LogP contribution in [-0.4, -0.2) is 16.9 Å². The van der Waals surface area contributed by atoms with Gasteiger partial charge in [0.1, 0.15) is 4.60 Å². The molecule has 0 fully saturated rings. The zero-order valence-corrected chi connectivity index (χ0v) is 8.78. The maximum absolute atomic E-state index is 5.90. The number of nitrogens with zero attached hydrogens (tertiary/aromatic N) is 2. The summed E-state index contributed by atoms with van der Waals surface area (Å²) in [4.78, 5) is 3.74. The average Bonchev–Trinajstić information content (AvgIpc) is 2.45. The second-order valence-corrected chi connectivity index (χ2v) is 3.19. The molecule has 0 aromatic carbocycles. The van der Waals surface area contributed by atoms with Gasteiger partial charge in [-0.1, -0.05) is 17.7 Å². The third kappa shape index (κ3) is 1.59. The topological polar surface area (TPSA) is 41.0 Å². The van der Waals surface area contributed by atoms with Crippen LogP contribution >= 0.6 is 27.5 Å². The molecule has 0 amide bonds. The fraction of sp³-hybridized carbons (Fsp3) is 0.143. The van der Waals surface area contributed by atoms with Crippen molar-refractivity contribution in [3.63, 3.8) is 0 Å². The summed E-state index contributed by atoms with van der Waals surface area (Å²) in [6.07, 6.45) is 1.77.